The first kappa shape index (κ1) is 14.5. The molecule has 4 heteroatoms. The molecule has 1 aromatic rings. The first-order valence-corrected chi connectivity index (χ1v) is 6.66. The molecule has 0 amide bonds. The maximum absolute atomic E-state index is 5.74. The van der Waals surface area contributed by atoms with Gasteiger partial charge in [0.25, 0.3) is 0 Å². The third kappa shape index (κ3) is 5.06. The lowest BCUT2D eigenvalue weighted by Crippen LogP contribution is -2.13. The zero-order chi connectivity index (χ0) is 12.7. The Morgan fingerprint density at radius 1 is 1.29 bits per heavy atom. The van der Waals surface area contributed by atoms with Crippen molar-refractivity contribution in [3.63, 3.8) is 0 Å². The number of ether oxygens (including phenoxy) is 2. The van der Waals surface area contributed by atoms with Crippen LogP contribution in [0.15, 0.2) is 22.7 Å². The van der Waals surface area contributed by atoms with Gasteiger partial charge in [0.2, 0.25) is 0 Å². The van der Waals surface area contributed by atoms with Crippen molar-refractivity contribution in [1.82, 2.24) is 0 Å². The molecule has 0 saturated heterocycles. The van der Waals surface area contributed by atoms with Gasteiger partial charge in [-0.3, -0.25) is 0 Å². The summed E-state index contributed by atoms with van der Waals surface area (Å²) in [6, 6.07) is 6.00. The first-order valence-electron chi connectivity index (χ1n) is 5.87. The molecule has 1 aromatic carbocycles. The molecule has 0 aliphatic carbocycles. The highest BCUT2D eigenvalue weighted by Crippen LogP contribution is 2.29. The van der Waals surface area contributed by atoms with Crippen LogP contribution < -0.4 is 10.5 Å². The summed E-state index contributed by atoms with van der Waals surface area (Å²) in [5.41, 5.74) is 6.71. The average Bonchev–Trinajstić information content (AvgIpc) is 2.27. The lowest BCUT2D eigenvalue weighted by Gasteiger charge is -2.14. The zero-order valence-corrected chi connectivity index (χ0v) is 12.0. The van der Waals surface area contributed by atoms with E-state index in [0.717, 1.165) is 22.2 Å². The molecule has 0 radical (unpaired) electrons. The number of hydrogen-bond donors (Lipinski definition) is 1. The molecular formula is C13H20BrNO2. The van der Waals surface area contributed by atoms with E-state index in [9.17, 15) is 0 Å². The van der Waals surface area contributed by atoms with Crippen LogP contribution in [0.5, 0.6) is 5.75 Å². The summed E-state index contributed by atoms with van der Waals surface area (Å²) >= 11 is 3.49. The Labute approximate surface area is 111 Å². The molecule has 0 unspecified atom stereocenters. The Morgan fingerprint density at radius 2 is 2.06 bits per heavy atom. The van der Waals surface area contributed by atoms with E-state index in [0.29, 0.717) is 19.8 Å². The summed E-state index contributed by atoms with van der Waals surface area (Å²) < 4.78 is 12.1. The molecule has 3 nitrogen and oxygen atoms in total. The fourth-order valence-electron chi connectivity index (χ4n) is 1.50. The van der Waals surface area contributed by atoms with E-state index in [1.165, 1.54) is 0 Å². The monoisotopic (exact) mass is 301 g/mol. The molecule has 0 saturated carbocycles. The molecule has 2 N–H and O–H groups in total. The second-order valence-electron chi connectivity index (χ2n) is 4.03. The van der Waals surface area contributed by atoms with Crippen molar-refractivity contribution in [1.29, 1.82) is 0 Å². The predicted octanol–water partition coefficient (Wildman–Crippen LogP) is 2.75. The number of hydrogen-bond acceptors (Lipinski definition) is 3. The van der Waals surface area contributed by atoms with Crippen LogP contribution in [0.2, 0.25) is 0 Å². The lowest BCUT2D eigenvalue weighted by molar-refractivity contribution is 0.0549. The van der Waals surface area contributed by atoms with Crippen LogP contribution >= 0.6 is 15.9 Å². The van der Waals surface area contributed by atoms with E-state index in [2.05, 4.69) is 15.9 Å². The van der Waals surface area contributed by atoms with Gasteiger partial charge in [0.1, 0.15) is 12.4 Å². The highest BCUT2D eigenvalue weighted by Gasteiger charge is 2.07. The number of rotatable bonds is 7. The summed E-state index contributed by atoms with van der Waals surface area (Å²) in [6.45, 7) is 5.80. The minimum absolute atomic E-state index is 0.237. The maximum atomic E-state index is 5.74. The highest BCUT2D eigenvalue weighted by atomic mass is 79.9. The third-order valence-corrected chi connectivity index (χ3v) is 2.87. The van der Waals surface area contributed by atoms with Gasteiger partial charge in [0.05, 0.1) is 17.2 Å². The SMILES string of the molecule is CC(C)OCCOc1c(Br)cccc1CCN. The molecule has 96 valence electrons. The molecule has 17 heavy (non-hydrogen) atoms. The fourth-order valence-corrected chi connectivity index (χ4v) is 2.02. The van der Waals surface area contributed by atoms with E-state index in [4.69, 9.17) is 15.2 Å². The fraction of sp³-hybridized carbons (Fsp3) is 0.538. The lowest BCUT2D eigenvalue weighted by atomic mass is 10.1. The Balaban J connectivity index is 2.56. The zero-order valence-electron chi connectivity index (χ0n) is 10.4. The van der Waals surface area contributed by atoms with Gasteiger partial charge in [-0.2, -0.15) is 0 Å². The summed E-state index contributed by atoms with van der Waals surface area (Å²) in [4.78, 5) is 0. The van der Waals surface area contributed by atoms with Crippen LogP contribution in [0, 0.1) is 0 Å². The molecule has 0 aliphatic rings. The summed E-state index contributed by atoms with van der Waals surface area (Å²) in [5, 5.41) is 0. The van der Waals surface area contributed by atoms with Crippen LogP contribution in [0.4, 0.5) is 0 Å². The van der Waals surface area contributed by atoms with E-state index in [1.54, 1.807) is 0 Å². The quantitative estimate of drug-likeness (QED) is 0.788. The minimum atomic E-state index is 0.237. The first-order chi connectivity index (χ1) is 8.15. The standard InChI is InChI=1S/C13H20BrNO2/c1-10(2)16-8-9-17-13-11(6-7-15)4-3-5-12(13)14/h3-5,10H,6-9,15H2,1-2H3. The van der Waals surface area contributed by atoms with E-state index >= 15 is 0 Å². The van der Waals surface area contributed by atoms with Crippen molar-refractivity contribution >= 4 is 15.9 Å². The smallest absolute Gasteiger partial charge is 0.136 e. The number of para-hydroxylation sites is 1. The van der Waals surface area contributed by atoms with Crippen LogP contribution in [0.3, 0.4) is 0 Å². The van der Waals surface area contributed by atoms with E-state index in [1.807, 2.05) is 32.0 Å². The van der Waals surface area contributed by atoms with E-state index in [-0.39, 0.29) is 6.10 Å². The van der Waals surface area contributed by atoms with Gasteiger partial charge in [-0.25, -0.2) is 0 Å². The molecule has 0 atom stereocenters. The Bertz CT molecular complexity index is 342. The largest absolute Gasteiger partial charge is 0.490 e. The third-order valence-electron chi connectivity index (χ3n) is 2.24. The van der Waals surface area contributed by atoms with E-state index < -0.39 is 0 Å². The van der Waals surface area contributed by atoms with Gasteiger partial charge >= 0.3 is 0 Å². The van der Waals surface area contributed by atoms with Gasteiger partial charge < -0.3 is 15.2 Å². The van der Waals surface area contributed by atoms with Gasteiger partial charge in [-0.15, -0.1) is 0 Å². The van der Waals surface area contributed by atoms with Crippen molar-refractivity contribution < 1.29 is 9.47 Å². The Hall–Kier alpha value is -0.580. The van der Waals surface area contributed by atoms with Crippen LogP contribution in [0.1, 0.15) is 19.4 Å². The van der Waals surface area contributed by atoms with Gasteiger partial charge in [0, 0.05) is 0 Å². The highest BCUT2D eigenvalue weighted by molar-refractivity contribution is 9.10. The van der Waals surface area contributed by atoms with Gasteiger partial charge in [-0.1, -0.05) is 12.1 Å². The van der Waals surface area contributed by atoms with Crippen molar-refractivity contribution in [2.45, 2.75) is 26.4 Å². The second kappa shape index (κ2) is 7.69. The molecular weight excluding hydrogens is 282 g/mol. The minimum Gasteiger partial charge on any atom is -0.490 e. The molecule has 0 aromatic heterocycles. The number of nitrogens with two attached hydrogens (primary N) is 1. The number of halogens is 1. The average molecular weight is 302 g/mol. The normalized spacial score (nSPS) is 10.9. The molecule has 0 aliphatic heterocycles. The summed E-state index contributed by atoms with van der Waals surface area (Å²) in [5.74, 6) is 0.880. The van der Waals surface area contributed by atoms with Crippen LogP contribution in [-0.4, -0.2) is 25.9 Å². The predicted molar refractivity (Wildman–Crippen MR) is 73.5 cm³/mol. The Morgan fingerprint density at radius 3 is 2.71 bits per heavy atom. The summed E-state index contributed by atoms with van der Waals surface area (Å²) in [7, 11) is 0. The summed E-state index contributed by atoms with van der Waals surface area (Å²) in [6.07, 6.45) is 1.06. The molecule has 1 rings (SSSR count). The number of benzene rings is 1. The van der Waals surface area contributed by atoms with Crippen LogP contribution in [0.25, 0.3) is 0 Å². The second-order valence-corrected chi connectivity index (χ2v) is 4.89. The maximum Gasteiger partial charge on any atom is 0.136 e. The van der Waals surface area contributed by atoms with Crippen molar-refractivity contribution in [3.8, 4) is 5.75 Å². The van der Waals surface area contributed by atoms with Crippen LogP contribution in [-0.2, 0) is 11.2 Å². The molecule has 0 spiro atoms. The van der Waals surface area contributed by atoms with Crippen molar-refractivity contribution in [3.05, 3.63) is 28.2 Å². The molecule has 0 bridgehead atoms. The van der Waals surface area contributed by atoms with Gasteiger partial charge in [0.15, 0.2) is 0 Å². The Kier molecular flexibility index (Phi) is 6.55. The molecule has 0 fully saturated rings. The molecule has 0 heterocycles. The van der Waals surface area contributed by atoms with Gasteiger partial charge in [-0.05, 0) is 54.4 Å². The topological polar surface area (TPSA) is 44.5 Å². The van der Waals surface area contributed by atoms with Crippen molar-refractivity contribution in [2.75, 3.05) is 19.8 Å². The van der Waals surface area contributed by atoms with Crippen molar-refractivity contribution in [2.24, 2.45) is 5.73 Å².